The molecule has 9 heteroatoms. The Balaban J connectivity index is 0.000000505. The van der Waals surface area contributed by atoms with Crippen molar-refractivity contribution in [3.05, 3.63) is 42.6 Å². The fourth-order valence-electron chi connectivity index (χ4n) is 1.82. The van der Waals surface area contributed by atoms with Crippen LogP contribution in [0.15, 0.2) is 42.6 Å². The summed E-state index contributed by atoms with van der Waals surface area (Å²) in [5.74, 6) is 0.683. The van der Waals surface area contributed by atoms with Crippen molar-refractivity contribution < 1.29 is 38.3 Å². The van der Waals surface area contributed by atoms with Crippen molar-refractivity contribution in [1.82, 2.24) is 5.10 Å². The molecule has 0 bridgehead atoms. The first kappa shape index (κ1) is 20.1. The highest BCUT2D eigenvalue weighted by molar-refractivity contribution is 5.36. The largest absolute Gasteiger partial charge is 0.442 e. The number of para-hydroxylation sites is 1. The minimum atomic E-state index is -4.94. The number of ether oxygens (including phenoxy) is 1. The summed E-state index contributed by atoms with van der Waals surface area (Å²) < 4.78 is 41.5. The zero-order valence-electron chi connectivity index (χ0n) is 13.3. The average Bonchev–Trinajstić information content (AvgIpc) is 2.51. The number of unbranched alkanes of at least 4 members (excludes halogenated alkanes) is 2. The van der Waals surface area contributed by atoms with E-state index in [9.17, 15) is 0 Å². The van der Waals surface area contributed by atoms with Gasteiger partial charge >= 0.3 is 5.88 Å². The van der Waals surface area contributed by atoms with Crippen LogP contribution in [0.1, 0.15) is 26.2 Å². The Bertz CT molecular complexity index is 602. The summed E-state index contributed by atoms with van der Waals surface area (Å²) in [6, 6.07) is 11.7. The number of rotatable bonds is 6. The van der Waals surface area contributed by atoms with Crippen molar-refractivity contribution in [2.45, 2.75) is 26.2 Å². The third-order valence-electron chi connectivity index (χ3n) is 2.82. The van der Waals surface area contributed by atoms with Crippen molar-refractivity contribution >= 4 is 5.69 Å². The zero-order valence-corrected chi connectivity index (χ0v) is 14.0. The van der Waals surface area contributed by atoms with Gasteiger partial charge in [0.2, 0.25) is 5.69 Å². The fourth-order valence-corrected chi connectivity index (χ4v) is 1.82. The molecule has 2 N–H and O–H groups in total. The van der Waals surface area contributed by atoms with E-state index >= 15 is 0 Å². The smallest absolute Gasteiger partial charge is 0.401 e. The lowest BCUT2D eigenvalue weighted by molar-refractivity contribution is -2.00. The Kier molecular flexibility index (Phi) is 8.37. The highest BCUT2D eigenvalue weighted by Gasteiger charge is 2.17. The normalized spacial score (nSPS) is 10.7. The van der Waals surface area contributed by atoms with E-state index in [2.05, 4.69) is 12.0 Å². The SMILES string of the molecule is CCCCCOc1cc(N)cn[n+]1-c1ccccc1.[O-][Cl+3]([O-])([O-])[O-]. The van der Waals surface area contributed by atoms with Gasteiger partial charge < -0.3 is 10.5 Å². The Morgan fingerprint density at radius 1 is 1.12 bits per heavy atom. The zero-order chi connectivity index (χ0) is 18.0. The maximum atomic E-state index is 8.49. The molecule has 0 unspecified atom stereocenters. The molecule has 2 aromatic rings. The number of halogens is 1. The highest BCUT2D eigenvalue weighted by Crippen LogP contribution is 2.11. The maximum absolute atomic E-state index is 8.49. The summed E-state index contributed by atoms with van der Waals surface area (Å²) >= 11 is 0. The molecule has 0 fully saturated rings. The van der Waals surface area contributed by atoms with Gasteiger partial charge in [-0.05, 0) is 11.1 Å². The molecule has 0 aliphatic rings. The molecule has 2 rings (SSSR count). The predicted molar refractivity (Wildman–Crippen MR) is 75.2 cm³/mol. The van der Waals surface area contributed by atoms with Crippen molar-refractivity contribution in [3.63, 3.8) is 0 Å². The van der Waals surface area contributed by atoms with Gasteiger partial charge in [-0.25, -0.2) is 18.6 Å². The van der Waals surface area contributed by atoms with Gasteiger partial charge in [-0.15, -0.1) is 10.2 Å². The quantitative estimate of drug-likeness (QED) is 0.454. The molecule has 0 atom stereocenters. The number of nitrogen functional groups attached to an aromatic ring is 1. The first-order chi connectivity index (χ1) is 11.3. The third-order valence-corrected chi connectivity index (χ3v) is 2.82. The van der Waals surface area contributed by atoms with Crippen LogP contribution in [-0.2, 0) is 0 Å². The van der Waals surface area contributed by atoms with Crippen LogP contribution in [0.5, 0.6) is 5.88 Å². The van der Waals surface area contributed by atoms with Gasteiger partial charge in [-0.1, -0.05) is 38.0 Å². The predicted octanol–water partition coefficient (Wildman–Crippen LogP) is -2.25. The standard InChI is InChI=1S/C15H19N3O.ClHO4/c1-2-3-7-10-19-15-11-13(16)12-17-18(15)14-8-5-4-6-9-14;2-1(3,4)5/h4-6,8-9,11-12,16H,2-3,7,10H2,1H3;(H,2,3,4,5). The average molecular weight is 358 g/mol. The number of anilines is 1. The first-order valence-electron chi connectivity index (χ1n) is 7.29. The summed E-state index contributed by atoms with van der Waals surface area (Å²) in [4.78, 5) is 0. The number of hydrogen-bond acceptors (Lipinski definition) is 7. The Morgan fingerprint density at radius 2 is 1.75 bits per heavy atom. The molecule has 24 heavy (non-hydrogen) atoms. The summed E-state index contributed by atoms with van der Waals surface area (Å²) in [6.45, 7) is 2.86. The van der Waals surface area contributed by atoms with Gasteiger partial charge in [-0.3, -0.25) is 0 Å². The lowest BCUT2D eigenvalue weighted by atomic mass is 10.3. The second kappa shape index (κ2) is 10.0. The van der Waals surface area contributed by atoms with Crippen molar-refractivity contribution in [2.24, 2.45) is 0 Å². The molecular formula is C15H20ClN3O5. The van der Waals surface area contributed by atoms with Gasteiger partial charge in [0.05, 0.1) is 18.4 Å². The topological polar surface area (TPSA) is 144 Å². The van der Waals surface area contributed by atoms with Crippen LogP contribution < -0.4 is 33.8 Å². The molecule has 0 aliphatic carbocycles. The van der Waals surface area contributed by atoms with Crippen molar-refractivity contribution in [2.75, 3.05) is 12.3 Å². The van der Waals surface area contributed by atoms with Crippen LogP contribution in [0.4, 0.5) is 5.69 Å². The molecule has 0 aliphatic heterocycles. The molecule has 0 radical (unpaired) electrons. The molecule has 0 spiro atoms. The van der Waals surface area contributed by atoms with E-state index in [4.69, 9.17) is 29.1 Å². The fraction of sp³-hybridized carbons (Fsp3) is 0.333. The van der Waals surface area contributed by atoms with Gasteiger partial charge in [0, 0.05) is 17.2 Å². The van der Waals surface area contributed by atoms with Crippen molar-refractivity contribution in [3.8, 4) is 11.6 Å². The number of benzene rings is 1. The van der Waals surface area contributed by atoms with Crippen LogP contribution in [0.3, 0.4) is 0 Å². The molecule has 1 aromatic carbocycles. The Labute approximate surface area is 142 Å². The number of aromatic nitrogens is 2. The molecule has 0 saturated carbocycles. The number of nitrogens with two attached hydrogens (primary N) is 1. The van der Waals surface area contributed by atoms with E-state index in [1.165, 1.54) is 12.8 Å². The van der Waals surface area contributed by atoms with Crippen LogP contribution in [-0.4, -0.2) is 11.7 Å². The van der Waals surface area contributed by atoms with E-state index in [0.29, 0.717) is 18.2 Å². The Morgan fingerprint density at radius 3 is 2.33 bits per heavy atom. The van der Waals surface area contributed by atoms with Gasteiger partial charge in [0.15, 0.2) is 0 Å². The van der Waals surface area contributed by atoms with Crippen molar-refractivity contribution in [1.29, 1.82) is 0 Å². The lowest BCUT2D eigenvalue weighted by Gasteiger charge is -2.17. The lowest BCUT2D eigenvalue weighted by Crippen LogP contribution is -2.68. The summed E-state index contributed by atoms with van der Waals surface area (Å²) in [5.41, 5.74) is 7.35. The van der Waals surface area contributed by atoms with Crippen LogP contribution in [0.25, 0.3) is 5.69 Å². The van der Waals surface area contributed by atoms with Gasteiger partial charge in [0.1, 0.15) is 6.20 Å². The van der Waals surface area contributed by atoms with Gasteiger partial charge in [0.25, 0.3) is 0 Å². The summed E-state index contributed by atoms with van der Waals surface area (Å²) in [6.07, 6.45) is 5.02. The molecular weight excluding hydrogens is 338 g/mol. The van der Waals surface area contributed by atoms with Crippen LogP contribution in [0.2, 0.25) is 0 Å². The second-order valence-electron chi connectivity index (χ2n) is 4.81. The minimum absolute atomic E-state index is 0.609. The molecule has 1 heterocycles. The highest BCUT2D eigenvalue weighted by atomic mass is 35.7. The molecule has 0 amide bonds. The Hall–Kier alpha value is -1.97. The van der Waals surface area contributed by atoms with E-state index in [0.717, 1.165) is 12.1 Å². The van der Waals surface area contributed by atoms with Gasteiger partial charge in [-0.2, -0.15) is 0 Å². The second-order valence-corrected chi connectivity index (χ2v) is 5.56. The number of nitrogens with zero attached hydrogens (tertiary/aromatic N) is 2. The minimum Gasteiger partial charge on any atom is -0.442 e. The summed E-state index contributed by atoms with van der Waals surface area (Å²) in [7, 11) is -4.94. The molecule has 8 nitrogen and oxygen atoms in total. The molecule has 0 saturated heterocycles. The van der Waals surface area contributed by atoms with Crippen LogP contribution >= 0.6 is 0 Å². The van der Waals surface area contributed by atoms with Crippen LogP contribution in [0, 0.1) is 10.2 Å². The van der Waals surface area contributed by atoms with E-state index in [1.807, 2.05) is 36.4 Å². The van der Waals surface area contributed by atoms with E-state index < -0.39 is 10.2 Å². The monoisotopic (exact) mass is 357 g/mol. The van der Waals surface area contributed by atoms with E-state index in [1.54, 1.807) is 10.9 Å². The third kappa shape index (κ3) is 8.61. The first-order valence-corrected chi connectivity index (χ1v) is 8.52. The maximum Gasteiger partial charge on any atom is 0.401 e. The molecule has 1 aromatic heterocycles. The summed E-state index contributed by atoms with van der Waals surface area (Å²) in [5, 5.41) is 4.31. The number of hydrogen-bond donors (Lipinski definition) is 1. The molecule has 132 valence electrons. The van der Waals surface area contributed by atoms with E-state index in [-0.39, 0.29) is 0 Å².